The maximum absolute atomic E-state index is 10.8. The molecule has 7 heteroatoms. The highest BCUT2D eigenvalue weighted by molar-refractivity contribution is 5.88. The minimum absolute atomic E-state index is 0.189. The van der Waals surface area contributed by atoms with Crippen LogP contribution in [0.1, 0.15) is 27.9 Å². The van der Waals surface area contributed by atoms with Gasteiger partial charge in [-0.1, -0.05) is 35.4 Å². The Kier molecular flexibility index (Phi) is 4.03. The molecule has 0 aliphatic heterocycles. The topological polar surface area (TPSA) is 114 Å². The number of anilines is 2. The van der Waals surface area contributed by atoms with Crippen LogP contribution in [0.3, 0.4) is 0 Å². The van der Waals surface area contributed by atoms with Crippen LogP contribution in [0.2, 0.25) is 0 Å². The van der Waals surface area contributed by atoms with E-state index in [1.54, 1.807) is 12.1 Å². The number of hydrogen-bond donors (Lipinski definition) is 3. The van der Waals surface area contributed by atoms with Gasteiger partial charge in [0.05, 0.1) is 5.56 Å². The monoisotopic (exact) mass is 310 g/mol. The van der Waals surface area contributed by atoms with Crippen LogP contribution in [0.4, 0.5) is 11.7 Å². The molecule has 0 fully saturated rings. The fourth-order valence-electron chi connectivity index (χ4n) is 2.03. The molecule has 3 aromatic rings. The van der Waals surface area contributed by atoms with Crippen molar-refractivity contribution in [2.24, 2.45) is 5.73 Å². The molecule has 7 nitrogen and oxygen atoms in total. The third-order valence-electron chi connectivity index (χ3n) is 3.25. The minimum atomic E-state index is -0.981. The van der Waals surface area contributed by atoms with Crippen LogP contribution in [0.25, 0.3) is 0 Å². The van der Waals surface area contributed by atoms with Gasteiger partial charge in [0.15, 0.2) is 0 Å². The van der Waals surface area contributed by atoms with Crippen molar-refractivity contribution in [2.75, 3.05) is 5.32 Å². The van der Waals surface area contributed by atoms with Crippen molar-refractivity contribution in [1.82, 2.24) is 10.2 Å². The summed E-state index contributed by atoms with van der Waals surface area (Å²) in [5, 5.41) is 19.6. The van der Waals surface area contributed by atoms with Crippen molar-refractivity contribution >= 4 is 17.7 Å². The lowest BCUT2D eigenvalue weighted by molar-refractivity contribution is 0.0697. The molecule has 1 atom stereocenters. The SMILES string of the molecule is NC(c1ccccc1)c1nnc(Nc2ccc(C(=O)O)cc2)o1. The van der Waals surface area contributed by atoms with Crippen LogP contribution in [0, 0.1) is 0 Å². The van der Waals surface area contributed by atoms with Crippen molar-refractivity contribution in [3.8, 4) is 0 Å². The summed E-state index contributed by atoms with van der Waals surface area (Å²) < 4.78 is 5.51. The maximum Gasteiger partial charge on any atom is 0.335 e. The molecule has 23 heavy (non-hydrogen) atoms. The number of carboxylic acids is 1. The molecule has 0 amide bonds. The molecule has 0 aliphatic carbocycles. The Balaban J connectivity index is 1.73. The predicted octanol–water partition coefficient (Wildman–Crippen LogP) is 2.56. The average molecular weight is 310 g/mol. The highest BCUT2D eigenvalue weighted by Gasteiger charge is 2.16. The molecule has 0 aliphatic rings. The van der Waals surface area contributed by atoms with Gasteiger partial charge in [-0.15, -0.1) is 5.10 Å². The third-order valence-corrected chi connectivity index (χ3v) is 3.25. The number of benzene rings is 2. The van der Waals surface area contributed by atoms with Gasteiger partial charge in [-0.3, -0.25) is 0 Å². The first kappa shape index (κ1) is 14.7. The lowest BCUT2D eigenvalue weighted by atomic mass is 10.1. The van der Waals surface area contributed by atoms with Crippen LogP contribution in [0.15, 0.2) is 59.0 Å². The van der Waals surface area contributed by atoms with Gasteiger partial charge in [0.1, 0.15) is 6.04 Å². The van der Waals surface area contributed by atoms with Gasteiger partial charge >= 0.3 is 12.0 Å². The normalized spacial score (nSPS) is 11.9. The Bertz CT molecular complexity index is 800. The molecule has 1 aromatic heterocycles. The molecule has 1 heterocycles. The highest BCUT2D eigenvalue weighted by atomic mass is 16.4. The molecule has 0 bridgehead atoms. The van der Waals surface area contributed by atoms with Crippen molar-refractivity contribution < 1.29 is 14.3 Å². The Morgan fingerprint density at radius 1 is 1.09 bits per heavy atom. The Morgan fingerprint density at radius 2 is 1.78 bits per heavy atom. The summed E-state index contributed by atoms with van der Waals surface area (Å²) in [6.45, 7) is 0. The second kappa shape index (κ2) is 6.29. The van der Waals surface area contributed by atoms with E-state index >= 15 is 0 Å². The van der Waals surface area contributed by atoms with E-state index in [4.69, 9.17) is 15.3 Å². The van der Waals surface area contributed by atoms with Gasteiger partial charge < -0.3 is 20.6 Å². The van der Waals surface area contributed by atoms with Gasteiger partial charge in [0.25, 0.3) is 0 Å². The fraction of sp³-hybridized carbons (Fsp3) is 0.0625. The molecule has 3 rings (SSSR count). The van der Waals surface area contributed by atoms with E-state index in [9.17, 15) is 4.79 Å². The number of nitrogens with zero attached hydrogens (tertiary/aromatic N) is 2. The Hall–Kier alpha value is -3.19. The second-order valence-electron chi connectivity index (χ2n) is 4.84. The smallest absolute Gasteiger partial charge is 0.335 e. The number of carboxylic acid groups (broad SMARTS) is 1. The van der Waals surface area contributed by atoms with Crippen LogP contribution >= 0.6 is 0 Å². The number of nitrogens with one attached hydrogen (secondary N) is 1. The number of rotatable bonds is 5. The van der Waals surface area contributed by atoms with Gasteiger partial charge in [0, 0.05) is 5.69 Å². The van der Waals surface area contributed by atoms with E-state index in [2.05, 4.69) is 15.5 Å². The third kappa shape index (κ3) is 3.35. The summed E-state index contributed by atoms with van der Waals surface area (Å²) in [6.07, 6.45) is 0. The molecule has 0 saturated carbocycles. The minimum Gasteiger partial charge on any atom is -0.478 e. The van der Waals surface area contributed by atoms with Crippen LogP contribution in [0.5, 0.6) is 0 Å². The first-order valence-electron chi connectivity index (χ1n) is 6.88. The van der Waals surface area contributed by atoms with Gasteiger partial charge in [-0.05, 0) is 29.8 Å². The molecule has 0 radical (unpaired) electrons. The summed E-state index contributed by atoms with van der Waals surface area (Å²) in [7, 11) is 0. The summed E-state index contributed by atoms with van der Waals surface area (Å²) >= 11 is 0. The van der Waals surface area contributed by atoms with Crippen molar-refractivity contribution in [1.29, 1.82) is 0 Å². The molecular formula is C16H14N4O3. The molecular weight excluding hydrogens is 296 g/mol. The van der Waals surface area contributed by atoms with Crippen LogP contribution in [-0.2, 0) is 0 Å². The number of carbonyl (C=O) groups is 1. The van der Waals surface area contributed by atoms with E-state index in [1.165, 1.54) is 12.1 Å². The standard InChI is InChI=1S/C16H14N4O3/c17-13(10-4-2-1-3-5-10)14-19-20-16(23-14)18-12-8-6-11(7-9-12)15(21)22/h1-9,13H,17H2,(H,18,20)(H,21,22). The van der Waals surface area contributed by atoms with E-state index in [-0.39, 0.29) is 11.6 Å². The first-order chi connectivity index (χ1) is 11.1. The van der Waals surface area contributed by atoms with E-state index in [1.807, 2.05) is 30.3 Å². The first-order valence-corrected chi connectivity index (χ1v) is 6.88. The van der Waals surface area contributed by atoms with Crippen molar-refractivity contribution in [3.05, 3.63) is 71.6 Å². The fourth-order valence-corrected chi connectivity index (χ4v) is 2.03. The second-order valence-corrected chi connectivity index (χ2v) is 4.84. The molecule has 0 saturated heterocycles. The predicted molar refractivity (Wildman–Crippen MR) is 83.5 cm³/mol. The molecule has 2 aromatic carbocycles. The number of hydrogen-bond acceptors (Lipinski definition) is 6. The van der Waals surface area contributed by atoms with Gasteiger partial charge in [0.2, 0.25) is 5.89 Å². The Labute approximate surface area is 131 Å². The van der Waals surface area contributed by atoms with Crippen molar-refractivity contribution in [3.63, 3.8) is 0 Å². The van der Waals surface area contributed by atoms with Crippen LogP contribution < -0.4 is 11.1 Å². The summed E-state index contributed by atoms with van der Waals surface area (Å²) in [5.74, 6) is -0.689. The Morgan fingerprint density at radius 3 is 2.43 bits per heavy atom. The summed E-state index contributed by atoms with van der Waals surface area (Å²) in [5.41, 5.74) is 7.80. The number of nitrogens with two attached hydrogens (primary N) is 1. The zero-order valence-corrected chi connectivity index (χ0v) is 12.0. The van der Waals surface area contributed by atoms with Gasteiger partial charge in [-0.2, -0.15) is 0 Å². The number of aromatic carboxylic acids is 1. The molecule has 4 N–H and O–H groups in total. The quantitative estimate of drug-likeness (QED) is 0.663. The molecule has 0 spiro atoms. The zero-order chi connectivity index (χ0) is 16.2. The highest BCUT2D eigenvalue weighted by Crippen LogP contribution is 2.21. The lowest BCUT2D eigenvalue weighted by Crippen LogP contribution is -2.11. The average Bonchev–Trinajstić information content (AvgIpc) is 3.04. The summed E-state index contributed by atoms with van der Waals surface area (Å²) in [6, 6.07) is 15.3. The van der Waals surface area contributed by atoms with Gasteiger partial charge in [-0.25, -0.2) is 4.79 Å². The zero-order valence-electron chi connectivity index (χ0n) is 12.0. The number of aromatic nitrogens is 2. The molecule has 1 unspecified atom stereocenters. The van der Waals surface area contributed by atoms with Crippen molar-refractivity contribution in [2.45, 2.75) is 6.04 Å². The van der Waals surface area contributed by atoms with E-state index in [0.29, 0.717) is 11.6 Å². The maximum atomic E-state index is 10.8. The molecule has 116 valence electrons. The lowest BCUT2D eigenvalue weighted by Gasteiger charge is -2.06. The summed E-state index contributed by atoms with van der Waals surface area (Å²) in [4.78, 5) is 10.8. The largest absolute Gasteiger partial charge is 0.478 e. The van der Waals surface area contributed by atoms with Crippen LogP contribution in [-0.4, -0.2) is 21.3 Å². The van der Waals surface area contributed by atoms with E-state index in [0.717, 1.165) is 5.56 Å². The van der Waals surface area contributed by atoms with E-state index < -0.39 is 12.0 Å².